The molecule has 6 nitrogen and oxygen atoms in total. The molecule has 19 heavy (non-hydrogen) atoms. The summed E-state index contributed by atoms with van der Waals surface area (Å²) in [5.74, 6) is 0. The summed E-state index contributed by atoms with van der Waals surface area (Å²) in [5, 5.41) is 19.0. The lowest BCUT2D eigenvalue weighted by Gasteiger charge is -2.05. The van der Waals surface area contributed by atoms with E-state index in [1.165, 1.54) is 10.7 Å². The van der Waals surface area contributed by atoms with Crippen LogP contribution in [0.5, 0.6) is 0 Å². The van der Waals surface area contributed by atoms with Crippen molar-refractivity contribution in [2.75, 3.05) is 0 Å². The molecule has 2 aromatic rings. The number of halogens is 2. The van der Waals surface area contributed by atoms with Gasteiger partial charge in [-0.05, 0) is 35.8 Å². The first kappa shape index (κ1) is 14.1. The van der Waals surface area contributed by atoms with Crippen molar-refractivity contribution in [2.24, 2.45) is 0 Å². The fourth-order valence-corrected chi connectivity index (χ4v) is 2.45. The largest absolute Gasteiger partial charge is 0.274 e. The minimum Gasteiger partial charge on any atom is -0.258 e. The van der Waals surface area contributed by atoms with Gasteiger partial charge in [0.1, 0.15) is 0 Å². The summed E-state index contributed by atoms with van der Waals surface area (Å²) in [4.78, 5) is 10.6. The first-order valence-corrected chi connectivity index (χ1v) is 7.12. The van der Waals surface area contributed by atoms with Crippen molar-refractivity contribution in [1.29, 1.82) is 0 Å². The van der Waals surface area contributed by atoms with Crippen molar-refractivity contribution < 1.29 is 4.92 Å². The Kier molecular flexibility index (Phi) is 4.00. The Morgan fingerprint density at radius 2 is 2.16 bits per heavy atom. The predicted octanol–water partition coefficient (Wildman–Crippen LogP) is 3.70. The molecule has 0 spiro atoms. The van der Waals surface area contributed by atoms with Crippen LogP contribution in [0, 0.1) is 17.0 Å². The molecule has 0 aliphatic rings. The van der Waals surface area contributed by atoms with Crippen molar-refractivity contribution in [3.05, 3.63) is 44.2 Å². The van der Waals surface area contributed by atoms with Crippen molar-refractivity contribution in [2.45, 2.75) is 18.7 Å². The number of nitrogens with zero attached hydrogens (tertiary/aromatic N) is 4. The molecule has 0 aliphatic heterocycles. The summed E-state index contributed by atoms with van der Waals surface area (Å²) in [6.07, 6.45) is 1.73. The van der Waals surface area contributed by atoms with E-state index >= 15 is 0 Å². The highest BCUT2D eigenvalue weighted by molar-refractivity contribution is 9.10. The Morgan fingerprint density at radius 1 is 1.47 bits per heavy atom. The van der Waals surface area contributed by atoms with Gasteiger partial charge in [0.05, 0.1) is 27.3 Å². The van der Waals surface area contributed by atoms with Gasteiger partial charge in [0.2, 0.25) is 0 Å². The van der Waals surface area contributed by atoms with E-state index in [0.717, 1.165) is 10.2 Å². The molecule has 1 aromatic carbocycles. The van der Waals surface area contributed by atoms with Crippen LogP contribution in [0.2, 0.25) is 0 Å². The zero-order chi connectivity index (χ0) is 14.2. The molecule has 0 saturated carbocycles. The van der Waals surface area contributed by atoms with Crippen LogP contribution in [0.4, 0.5) is 5.69 Å². The van der Waals surface area contributed by atoms with Crippen molar-refractivity contribution in [3.63, 3.8) is 0 Å². The van der Waals surface area contributed by atoms with E-state index in [4.69, 9.17) is 0 Å². The lowest BCUT2D eigenvalue weighted by molar-refractivity contribution is -0.385. The van der Waals surface area contributed by atoms with Gasteiger partial charge in [0, 0.05) is 16.1 Å². The molecule has 1 aromatic heterocycles. The number of aryl methyl sites for hydroxylation is 1. The predicted molar refractivity (Wildman–Crippen MR) is 77.8 cm³/mol. The van der Waals surface area contributed by atoms with E-state index in [0.29, 0.717) is 11.3 Å². The number of benzene rings is 1. The second-order valence-electron chi connectivity index (χ2n) is 4.05. The number of aromatic nitrogens is 3. The molecule has 0 N–H and O–H groups in total. The van der Waals surface area contributed by atoms with Gasteiger partial charge in [-0.15, -0.1) is 5.10 Å². The molecule has 1 atom stereocenters. The zero-order valence-electron chi connectivity index (χ0n) is 10.2. The van der Waals surface area contributed by atoms with Crippen LogP contribution in [-0.4, -0.2) is 19.9 Å². The summed E-state index contributed by atoms with van der Waals surface area (Å²) >= 11 is 6.79. The fraction of sp³-hybridized carbons (Fsp3) is 0.273. The van der Waals surface area contributed by atoms with E-state index < -0.39 is 4.92 Å². The average Bonchev–Trinajstić information content (AvgIpc) is 2.77. The highest BCUT2D eigenvalue weighted by atomic mass is 79.9. The van der Waals surface area contributed by atoms with E-state index in [1.54, 1.807) is 19.2 Å². The molecule has 0 saturated heterocycles. The SMILES string of the molecule is Cc1cc(Br)c(-n2cc(C(C)Br)nn2)cc1[N+](=O)[O-]. The summed E-state index contributed by atoms with van der Waals surface area (Å²) in [6.45, 7) is 3.63. The summed E-state index contributed by atoms with van der Waals surface area (Å²) in [7, 11) is 0. The number of hydrogen-bond acceptors (Lipinski definition) is 4. The van der Waals surface area contributed by atoms with Gasteiger partial charge < -0.3 is 0 Å². The maximum absolute atomic E-state index is 11.0. The van der Waals surface area contributed by atoms with Gasteiger partial charge >= 0.3 is 0 Å². The molecule has 0 amide bonds. The summed E-state index contributed by atoms with van der Waals surface area (Å²) < 4.78 is 2.25. The van der Waals surface area contributed by atoms with Gasteiger partial charge in [-0.3, -0.25) is 10.1 Å². The molecule has 0 bridgehead atoms. The van der Waals surface area contributed by atoms with Crippen molar-refractivity contribution in [1.82, 2.24) is 15.0 Å². The van der Waals surface area contributed by atoms with Crippen molar-refractivity contribution >= 4 is 37.5 Å². The summed E-state index contributed by atoms with van der Waals surface area (Å²) in [5.41, 5.74) is 2.00. The highest BCUT2D eigenvalue weighted by Gasteiger charge is 2.17. The van der Waals surface area contributed by atoms with Crippen LogP contribution in [-0.2, 0) is 0 Å². The van der Waals surface area contributed by atoms with Crippen LogP contribution >= 0.6 is 31.9 Å². The maximum atomic E-state index is 11.0. The van der Waals surface area contributed by atoms with E-state index in [1.807, 2.05) is 6.92 Å². The normalized spacial score (nSPS) is 12.4. The second-order valence-corrected chi connectivity index (χ2v) is 6.28. The molecule has 0 aliphatic carbocycles. The van der Waals surface area contributed by atoms with Crippen LogP contribution in [0.15, 0.2) is 22.8 Å². The number of nitro benzene ring substituents is 1. The van der Waals surface area contributed by atoms with E-state index in [2.05, 4.69) is 42.2 Å². The van der Waals surface area contributed by atoms with E-state index in [-0.39, 0.29) is 10.5 Å². The van der Waals surface area contributed by atoms with Crippen LogP contribution in [0.1, 0.15) is 23.0 Å². The third-order valence-corrected chi connectivity index (χ3v) is 3.73. The lowest BCUT2D eigenvalue weighted by atomic mass is 10.2. The van der Waals surface area contributed by atoms with E-state index in [9.17, 15) is 10.1 Å². The Morgan fingerprint density at radius 3 is 2.68 bits per heavy atom. The Hall–Kier alpha value is -1.28. The van der Waals surface area contributed by atoms with Gasteiger partial charge in [-0.1, -0.05) is 21.1 Å². The third-order valence-electron chi connectivity index (χ3n) is 2.63. The molecule has 1 heterocycles. The number of rotatable bonds is 3. The van der Waals surface area contributed by atoms with Gasteiger partial charge in [-0.2, -0.15) is 0 Å². The fourth-order valence-electron chi connectivity index (χ4n) is 1.60. The Labute approximate surface area is 126 Å². The molecular formula is C11H10Br2N4O2. The third kappa shape index (κ3) is 2.84. The molecule has 0 radical (unpaired) electrons. The molecule has 8 heteroatoms. The van der Waals surface area contributed by atoms with Crippen LogP contribution in [0.25, 0.3) is 5.69 Å². The van der Waals surface area contributed by atoms with Crippen LogP contribution < -0.4 is 0 Å². The molecule has 2 rings (SSSR count). The quantitative estimate of drug-likeness (QED) is 0.455. The smallest absolute Gasteiger partial charge is 0.258 e. The lowest BCUT2D eigenvalue weighted by Crippen LogP contribution is -2.00. The number of alkyl halides is 1. The number of hydrogen-bond donors (Lipinski definition) is 0. The monoisotopic (exact) mass is 388 g/mol. The van der Waals surface area contributed by atoms with Gasteiger partial charge in [0.15, 0.2) is 0 Å². The zero-order valence-corrected chi connectivity index (χ0v) is 13.3. The summed E-state index contributed by atoms with van der Waals surface area (Å²) in [6, 6.07) is 3.18. The van der Waals surface area contributed by atoms with Gasteiger partial charge in [-0.25, -0.2) is 4.68 Å². The maximum Gasteiger partial charge on any atom is 0.274 e. The first-order chi connectivity index (χ1) is 8.90. The molecule has 0 fully saturated rings. The number of nitro groups is 1. The Bertz CT molecular complexity index is 640. The molecule has 100 valence electrons. The second kappa shape index (κ2) is 5.38. The molecule has 1 unspecified atom stereocenters. The topological polar surface area (TPSA) is 73.8 Å². The minimum atomic E-state index is -0.407. The highest BCUT2D eigenvalue weighted by Crippen LogP contribution is 2.29. The standard InChI is InChI=1S/C11H10Br2N4O2/c1-6-3-8(13)11(4-10(6)17(18)19)16-5-9(7(2)12)14-15-16/h3-5,7H,1-2H3. The average molecular weight is 390 g/mol. The van der Waals surface area contributed by atoms with Gasteiger partial charge in [0.25, 0.3) is 5.69 Å². The molecular weight excluding hydrogens is 380 g/mol. The van der Waals surface area contributed by atoms with Crippen LogP contribution in [0.3, 0.4) is 0 Å². The Balaban J connectivity index is 2.54. The first-order valence-electron chi connectivity index (χ1n) is 5.41. The van der Waals surface area contributed by atoms with Crippen molar-refractivity contribution in [3.8, 4) is 5.69 Å². The minimum absolute atomic E-state index is 0.0575.